The molecule has 0 aromatic carbocycles. The van der Waals surface area contributed by atoms with Gasteiger partial charge in [-0.15, -0.1) is 0 Å². The Morgan fingerprint density at radius 1 is 1.50 bits per heavy atom. The first kappa shape index (κ1) is 15.2. The highest BCUT2D eigenvalue weighted by Gasteiger charge is 2.35. The van der Waals surface area contributed by atoms with Crippen LogP contribution >= 0.6 is 0 Å². The lowest BCUT2D eigenvalue weighted by Gasteiger charge is -2.28. The molecule has 1 rings (SSSR count). The molecule has 0 aromatic rings. The first-order valence-electron chi connectivity index (χ1n) is 6.69. The number of nitrogens with one attached hydrogen (secondary N) is 1. The van der Waals surface area contributed by atoms with Gasteiger partial charge in [-0.2, -0.15) is 0 Å². The lowest BCUT2D eigenvalue weighted by molar-refractivity contribution is 0.0229. The monoisotopic (exact) mass is 258 g/mol. The maximum absolute atomic E-state index is 12.0. The van der Waals surface area contributed by atoms with Gasteiger partial charge >= 0.3 is 6.09 Å². The van der Waals surface area contributed by atoms with Gasteiger partial charge in [0.25, 0.3) is 0 Å². The van der Waals surface area contributed by atoms with Crippen LogP contribution in [0.3, 0.4) is 0 Å². The maximum Gasteiger partial charge on any atom is 0.410 e. The molecule has 106 valence electrons. The number of hydrogen-bond acceptors (Lipinski definition) is 4. The van der Waals surface area contributed by atoms with Gasteiger partial charge in [-0.1, -0.05) is 0 Å². The summed E-state index contributed by atoms with van der Waals surface area (Å²) in [6.45, 7) is 9.38. The standard InChI is InChI=1S/C13H26N2O3/c1-10-11(14-7-5-9-16)6-8-15(10)12(17)18-13(2,3)4/h10-11,14,16H,5-9H2,1-4H3/t10-,11?/m1/s1. The molecule has 0 spiro atoms. The summed E-state index contributed by atoms with van der Waals surface area (Å²) < 4.78 is 5.39. The number of amides is 1. The van der Waals surface area contributed by atoms with Crippen LogP contribution in [0.1, 0.15) is 40.5 Å². The predicted octanol–water partition coefficient (Wildman–Crippen LogP) is 1.36. The summed E-state index contributed by atoms with van der Waals surface area (Å²) in [6, 6.07) is 0.433. The van der Waals surface area contributed by atoms with E-state index in [1.807, 2.05) is 27.7 Å². The first-order chi connectivity index (χ1) is 8.35. The number of carbonyl (C=O) groups is 1. The molecule has 0 aromatic heterocycles. The van der Waals surface area contributed by atoms with Crippen molar-refractivity contribution in [1.29, 1.82) is 0 Å². The maximum atomic E-state index is 12.0. The molecule has 18 heavy (non-hydrogen) atoms. The Balaban J connectivity index is 2.43. The molecule has 5 nitrogen and oxygen atoms in total. The lowest BCUT2D eigenvalue weighted by Crippen LogP contribution is -2.45. The lowest BCUT2D eigenvalue weighted by atomic mass is 10.1. The molecular formula is C13H26N2O3. The summed E-state index contributed by atoms with van der Waals surface area (Å²) in [5.41, 5.74) is -0.445. The van der Waals surface area contributed by atoms with Crippen molar-refractivity contribution >= 4 is 6.09 Å². The average molecular weight is 258 g/mol. The van der Waals surface area contributed by atoms with E-state index in [4.69, 9.17) is 9.84 Å². The highest BCUT2D eigenvalue weighted by molar-refractivity contribution is 5.69. The van der Waals surface area contributed by atoms with E-state index in [0.29, 0.717) is 6.04 Å². The van der Waals surface area contributed by atoms with Crippen LogP contribution < -0.4 is 5.32 Å². The third-order valence-electron chi connectivity index (χ3n) is 3.12. The van der Waals surface area contributed by atoms with Crippen LogP contribution in [0, 0.1) is 0 Å². The summed E-state index contributed by atoms with van der Waals surface area (Å²) in [4.78, 5) is 13.8. The average Bonchev–Trinajstić information content (AvgIpc) is 2.58. The summed E-state index contributed by atoms with van der Waals surface area (Å²) in [7, 11) is 0. The fourth-order valence-corrected chi connectivity index (χ4v) is 2.16. The number of rotatable bonds is 4. The minimum absolute atomic E-state index is 0.138. The largest absolute Gasteiger partial charge is 0.444 e. The Morgan fingerprint density at radius 2 is 2.17 bits per heavy atom. The van der Waals surface area contributed by atoms with Gasteiger partial charge < -0.3 is 20.1 Å². The van der Waals surface area contributed by atoms with E-state index >= 15 is 0 Å². The number of aliphatic hydroxyl groups excluding tert-OH is 1. The summed E-state index contributed by atoms with van der Waals surface area (Å²) in [5, 5.41) is 12.1. The van der Waals surface area contributed by atoms with E-state index < -0.39 is 5.60 Å². The van der Waals surface area contributed by atoms with E-state index in [1.165, 1.54) is 0 Å². The van der Waals surface area contributed by atoms with Crippen molar-refractivity contribution < 1.29 is 14.6 Å². The first-order valence-corrected chi connectivity index (χ1v) is 6.69. The van der Waals surface area contributed by atoms with Gasteiger partial charge in [0.2, 0.25) is 0 Å². The van der Waals surface area contributed by atoms with Crippen LogP contribution in [0.25, 0.3) is 0 Å². The predicted molar refractivity (Wildman–Crippen MR) is 70.5 cm³/mol. The van der Waals surface area contributed by atoms with Crippen molar-refractivity contribution in [3.05, 3.63) is 0 Å². The molecule has 5 heteroatoms. The number of carbonyl (C=O) groups excluding carboxylic acids is 1. The second-order valence-corrected chi connectivity index (χ2v) is 5.84. The number of likely N-dealkylation sites (tertiary alicyclic amines) is 1. The van der Waals surface area contributed by atoms with Crippen molar-refractivity contribution in [2.45, 2.75) is 58.2 Å². The van der Waals surface area contributed by atoms with E-state index in [-0.39, 0.29) is 18.7 Å². The van der Waals surface area contributed by atoms with Crippen molar-refractivity contribution in [1.82, 2.24) is 10.2 Å². The third-order valence-corrected chi connectivity index (χ3v) is 3.12. The molecule has 0 saturated carbocycles. The molecule has 1 fully saturated rings. The van der Waals surface area contributed by atoms with Crippen LogP contribution in [-0.4, -0.2) is 53.5 Å². The molecule has 1 aliphatic heterocycles. The van der Waals surface area contributed by atoms with Crippen molar-refractivity contribution in [3.63, 3.8) is 0 Å². The SMILES string of the molecule is C[C@@H]1C(NCCCO)CCN1C(=O)OC(C)(C)C. The third kappa shape index (κ3) is 4.46. The molecule has 2 atom stereocenters. The molecule has 0 aliphatic carbocycles. The highest BCUT2D eigenvalue weighted by Crippen LogP contribution is 2.20. The van der Waals surface area contributed by atoms with Gasteiger partial charge in [-0.3, -0.25) is 0 Å². The van der Waals surface area contributed by atoms with Gasteiger partial charge in [-0.05, 0) is 47.1 Å². The van der Waals surface area contributed by atoms with E-state index in [1.54, 1.807) is 4.90 Å². The van der Waals surface area contributed by atoms with E-state index in [9.17, 15) is 4.79 Å². The fourth-order valence-electron chi connectivity index (χ4n) is 2.16. The van der Waals surface area contributed by atoms with Gasteiger partial charge in [0.05, 0.1) is 0 Å². The Kier molecular flexibility index (Phi) is 5.41. The van der Waals surface area contributed by atoms with Gasteiger partial charge in [-0.25, -0.2) is 4.79 Å². The highest BCUT2D eigenvalue weighted by atomic mass is 16.6. The zero-order valence-electron chi connectivity index (χ0n) is 11.9. The molecular weight excluding hydrogens is 232 g/mol. The molecule has 1 aliphatic rings. The second-order valence-electron chi connectivity index (χ2n) is 5.84. The Morgan fingerprint density at radius 3 is 2.72 bits per heavy atom. The zero-order chi connectivity index (χ0) is 13.8. The van der Waals surface area contributed by atoms with Crippen LogP contribution in [0.5, 0.6) is 0 Å². The van der Waals surface area contributed by atoms with Crippen molar-refractivity contribution in [2.75, 3.05) is 19.7 Å². The summed E-state index contributed by atoms with van der Waals surface area (Å²) in [5.74, 6) is 0. The molecule has 1 unspecified atom stereocenters. The summed E-state index contributed by atoms with van der Waals surface area (Å²) >= 11 is 0. The molecule has 2 N–H and O–H groups in total. The molecule has 1 heterocycles. The van der Waals surface area contributed by atoms with Crippen LogP contribution in [0.15, 0.2) is 0 Å². The molecule has 1 saturated heterocycles. The number of aliphatic hydroxyl groups is 1. The van der Waals surface area contributed by atoms with Crippen LogP contribution in [0.4, 0.5) is 4.79 Å². The van der Waals surface area contributed by atoms with Crippen molar-refractivity contribution in [2.24, 2.45) is 0 Å². The molecule has 1 amide bonds. The number of ether oxygens (including phenoxy) is 1. The van der Waals surface area contributed by atoms with Crippen molar-refractivity contribution in [3.8, 4) is 0 Å². The smallest absolute Gasteiger partial charge is 0.410 e. The number of hydrogen-bond donors (Lipinski definition) is 2. The van der Waals surface area contributed by atoms with Gasteiger partial charge in [0.15, 0.2) is 0 Å². The van der Waals surface area contributed by atoms with E-state index in [0.717, 1.165) is 25.9 Å². The Hall–Kier alpha value is -0.810. The summed E-state index contributed by atoms with van der Waals surface area (Å²) in [6.07, 6.45) is 1.45. The van der Waals surface area contributed by atoms with Gasteiger partial charge in [0, 0.05) is 25.2 Å². The molecule has 0 radical (unpaired) electrons. The fraction of sp³-hybridized carbons (Fsp3) is 0.923. The van der Waals surface area contributed by atoms with Gasteiger partial charge in [0.1, 0.15) is 5.60 Å². The zero-order valence-corrected chi connectivity index (χ0v) is 11.9. The minimum atomic E-state index is -0.445. The normalized spacial score (nSPS) is 24.4. The quantitative estimate of drug-likeness (QED) is 0.747. The second kappa shape index (κ2) is 6.38. The Bertz CT molecular complexity index is 276. The molecule has 0 bridgehead atoms. The van der Waals surface area contributed by atoms with Crippen LogP contribution in [0.2, 0.25) is 0 Å². The topological polar surface area (TPSA) is 61.8 Å². The van der Waals surface area contributed by atoms with E-state index in [2.05, 4.69) is 5.32 Å². The van der Waals surface area contributed by atoms with Crippen LogP contribution in [-0.2, 0) is 4.74 Å². The number of nitrogens with zero attached hydrogens (tertiary/aromatic N) is 1. The minimum Gasteiger partial charge on any atom is -0.444 e. The Labute approximate surface area is 109 Å².